The topological polar surface area (TPSA) is 88.4 Å². The molecule has 0 radical (unpaired) electrons. The Labute approximate surface area is 213 Å². The highest BCUT2D eigenvalue weighted by molar-refractivity contribution is 7.92. The Hall–Kier alpha value is -4.25. The number of nitrogens with zero attached hydrogens (tertiary/aromatic N) is 3. The van der Waals surface area contributed by atoms with Gasteiger partial charge in [-0.1, -0.05) is 36.4 Å². The highest BCUT2D eigenvalue weighted by Gasteiger charge is 2.17. The molecule has 2 aromatic heterocycles. The fourth-order valence-electron chi connectivity index (χ4n) is 4.03. The Morgan fingerprint density at radius 2 is 1.73 bits per heavy atom. The number of hydrogen-bond acceptors (Lipinski definition) is 5. The molecule has 186 valence electrons. The molecular weight excluding hydrogens is 495 g/mol. The van der Waals surface area contributed by atoms with E-state index >= 15 is 0 Å². The van der Waals surface area contributed by atoms with Crippen LogP contribution in [0.4, 0.5) is 20.3 Å². The summed E-state index contributed by atoms with van der Waals surface area (Å²) in [6.45, 7) is 2.39. The van der Waals surface area contributed by atoms with Gasteiger partial charge < -0.3 is 5.32 Å². The minimum atomic E-state index is -4.18. The first-order valence-corrected chi connectivity index (χ1v) is 12.9. The van der Waals surface area contributed by atoms with E-state index in [-0.39, 0.29) is 5.69 Å². The molecule has 0 spiro atoms. The van der Waals surface area contributed by atoms with Crippen molar-refractivity contribution < 1.29 is 17.2 Å². The van der Waals surface area contributed by atoms with Gasteiger partial charge in [-0.05, 0) is 47.8 Å². The predicted octanol–water partition coefficient (Wildman–Crippen LogP) is 3.65. The van der Waals surface area contributed by atoms with Crippen LogP contribution in [-0.2, 0) is 16.6 Å². The second kappa shape index (κ2) is 9.66. The maximum Gasteiger partial charge on any atom is 0.262 e. The van der Waals surface area contributed by atoms with Crippen molar-refractivity contribution in [3.63, 3.8) is 0 Å². The third kappa shape index (κ3) is 5.17. The van der Waals surface area contributed by atoms with Crippen LogP contribution in [0, 0.1) is 18.6 Å². The van der Waals surface area contributed by atoms with Crippen LogP contribution in [-0.4, -0.2) is 30.9 Å². The lowest BCUT2D eigenvalue weighted by Crippen LogP contribution is -2.14. The summed E-state index contributed by atoms with van der Waals surface area (Å²) in [5.74, 6) is -1.22. The lowest BCUT2D eigenvalue weighted by Gasteiger charge is -2.13. The smallest absolute Gasteiger partial charge is 0.262 e. The molecule has 0 aliphatic carbocycles. The summed E-state index contributed by atoms with van der Waals surface area (Å²) in [4.78, 5) is 4.31. The maximum absolute atomic E-state index is 13.5. The van der Waals surface area contributed by atoms with Crippen molar-refractivity contribution in [1.29, 1.82) is 0 Å². The van der Waals surface area contributed by atoms with Crippen molar-refractivity contribution in [3.05, 3.63) is 102 Å². The first kappa shape index (κ1) is 24.4. The van der Waals surface area contributed by atoms with Crippen LogP contribution in [0.3, 0.4) is 0 Å². The lowest BCUT2D eigenvalue weighted by molar-refractivity contribution is 0.568. The summed E-state index contributed by atoms with van der Waals surface area (Å²) in [5.41, 5.74) is 5.62. The lowest BCUT2D eigenvalue weighted by atomic mass is 10.00. The summed E-state index contributed by atoms with van der Waals surface area (Å²) in [7, 11) is -2.24. The third-order valence-corrected chi connectivity index (χ3v) is 7.23. The number of aromatic nitrogens is 3. The van der Waals surface area contributed by atoms with Crippen LogP contribution in [0.5, 0.6) is 0 Å². The highest BCUT2D eigenvalue weighted by atomic mass is 32.2. The Morgan fingerprint density at radius 1 is 0.973 bits per heavy atom. The Kier molecular flexibility index (Phi) is 6.38. The third-order valence-electron chi connectivity index (χ3n) is 5.87. The van der Waals surface area contributed by atoms with E-state index in [0.29, 0.717) is 12.6 Å². The summed E-state index contributed by atoms with van der Waals surface area (Å²) in [6.07, 6.45) is 1.75. The van der Waals surface area contributed by atoms with Crippen LogP contribution in [0.25, 0.3) is 16.9 Å². The van der Waals surface area contributed by atoms with E-state index in [2.05, 4.69) is 15.1 Å². The molecule has 0 bridgehead atoms. The number of sulfonamides is 1. The summed E-state index contributed by atoms with van der Waals surface area (Å²) >= 11 is 0. The first-order chi connectivity index (χ1) is 17.7. The number of rotatable bonds is 7. The normalized spacial score (nSPS) is 11.5. The molecule has 0 atom stereocenters. The molecule has 0 aliphatic heterocycles. The van der Waals surface area contributed by atoms with Gasteiger partial charge in [0.1, 0.15) is 25.3 Å². The molecule has 0 fully saturated rings. The highest BCUT2D eigenvalue weighted by Crippen LogP contribution is 2.25. The zero-order valence-electron chi connectivity index (χ0n) is 20.0. The largest absolute Gasteiger partial charge is 0.366 e. The molecule has 0 saturated carbocycles. The molecule has 5 aromatic rings. The average molecular weight is 517 g/mol. The number of aryl methyl sites for hydroxylation is 1. The zero-order valence-corrected chi connectivity index (χ0v) is 20.9. The second-order valence-electron chi connectivity index (χ2n) is 8.67. The van der Waals surface area contributed by atoms with E-state index in [1.54, 1.807) is 28.9 Å². The fourth-order valence-corrected chi connectivity index (χ4v) is 5.12. The quantitative estimate of drug-likeness (QED) is 0.322. The molecule has 0 saturated heterocycles. The van der Waals surface area contributed by atoms with Crippen LogP contribution in [0.1, 0.15) is 11.1 Å². The predicted molar refractivity (Wildman–Crippen MR) is 142 cm³/mol. The van der Waals surface area contributed by atoms with Crippen molar-refractivity contribution in [1.82, 2.24) is 14.6 Å². The van der Waals surface area contributed by atoms with E-state index < -0.39 is 26.6 Å². The number of benzene rings is 3. The van der Waals surface area contributed by atoms with E-state index in [0.717, 1.165) is 51.4 Å². The van der Waals surface area contributed by atoms with Gasteiger partial charge in [0.25, 0.3) is 10.0 Å². The molecule has 11 heteroatoms. The number of halogens is 2. The Morgan fingerprint density at radius 3 is 2.49 bits per heavy atom. The van der Waals surface area contributed by atoms with Gasteiger partial charge in [0.15, 0.2) is 5.65 Å². The number of fused-ring (bicyclic) bond motifs is 1. The molecular formula is C26H22BF2N5O2S. The molecule has 0 aliphatic rings. The molecule has 5 rings (SSSR count). The molecule has 0 unspecified atom stereocenters. The van der Waals surface area contributed by atoms with Crippen molar-refractivity contribution in [3.8, 4) is 11.3 Å². The van der Waals surface area contributed by atoms with E-state index in [4.69, 9.17) is 4.98 Å². The molecule has 3 aromatic carbocycles. The second-order valence-corrected chi connectivity index (χ2v) is 10.4. The number of hydrogen-bond donors (Lipinski definition) is 2. The van der Waals surface area contributed by atoms with Gasteiger partial charge in [0.05, 0.1) is 10.6 Å². The van der Waals surface area contributed by atoms with E-state index in [9.17, 15) is 17.2 Å². The van der Waals surface area contributed by atoms with Gasteiger partial charge in [0, 0.05) is 36.1 Å². The van der Waals surface area contributed by atoms with Crippen LogP contribution in [0.15, 0.2) is 83.9 Å². The monoisotopic (exact) mass is 517 g/mol. The van der Waals surface area contributed by atoms with Crippen LogP contribution < -0.4 is 15.5 Å². The van der Waals surface area contributed by atoms with Gasteiger partial charge >= 0.3 is 0 Å². The minimum absolute atomic E-state index is 0.263. The van der Waals surface area contributed by atoms with E-state index in [1.807, 2.05) is 51.2 Å². The number of nitrogens with one attached hydrogen (secondary N) is 2. The van der Waals surface area contributed by atoms with Gasteiger partial charge in [-0.3, -0.25) is 4.72 Å². The molecule has 7 nitrogen and oxygen atoms in total. The molecule has 37 heavy (non-hydrogen) atoms. The SMILES string of the molecule is Bc1cnn2c(NCc3cccc(NS(=O)(=O)c4cc(F)cc(F)c4)c3)cc(-c3ccccc3C)nc12. The van der Waals surface area contributed by atoms with Crippen molar-refractivity contribution >= 4 is 40.5 Å². The van der Waals surface area contributed by atoms with Gasteiger partial charge in [-0.25, -0.2) is 22.2 Å². The maximum atomic E-state index is 13.5. The Balaban J connectivity index is 1.41. The standard InChI is InChI=1S/C26H22BF2N5O2S/c1-16-5-2-3-8-22(16)24-13-25(34-26(32-24)23(27)15-31-34)30-14-17-6-4-7-20(9-17)33-37(35,36)21-11-18(28)10-19(29)12-21/h2-13,15,30,33H,14,27H2,1H3. The average Bonchev–Trinajstić information content (AvgIpc) is 3.23. The fraction of sp³-hybridized carbons (Fsp3) is 0.0769. The van der Waals surface area contributed by atoms with E-state index in [1.165, 1.54) is 0 Å². The van der Waals surface area contributed by atoms with Crippen molar-refractivity contribution in [2.24, 2.45) is 0 Å². The summed E-state index contributed by atoms with van der Waals surface area (Å²) in [5, 5.41) is 7.81. The zero-order chi connectivity index (χ0) is 26.2. The van der Waals surface area contributed by atoms with Gasteiger partial charge in [-0.15, -0.1) is 0 Å². The molecule has 0 amide bonds. The van der Waals surface area contributed by atoms with Gasteiger partial charge in [-0.2, -0.15) is 9.61 Å². The van der Waals surface area contributed by atoms with Crippen LogP contribution in [0.2, 0.25) is 0 Å². The summed E-state index contributed by atoms with van der Waals surface area (Å²) in [6, 6.07) is 18.8. The van der Waals surface area contributed by atoms with Crippen LogP contribution >= 0.6 is 0 Å². The molecule has 2 heterocycles. The number of anilines is 2. The van der Waals surface area contributed by atoms with Crippen molar-refractivity contribution in [2.45, 2.75) is 18.4 Å². The first-order valence-electron chi connectivity index (χ1n) is 11.4. The van der Waals surface area contributed by atoms with Crippen molar-refractivity contribution in [2.75, 3.05) is 10.0 Å². The minimum Gasteiger partial charge on any atom is -0.366 e. The molecule has 2 N–H and O–H groups in total. The Bertz CT molecular complexity index is 1720. The van der Waals surface area contributed by atoms with Gasteiger partial charge in [0.2, 0.25) is 0 Å². The summed E-state index contributed by atoms with van der Waals surface area (Å²) < 4.78 is 56.5.